The molecule has 0 radical (unpaired) electrons. The number of imidazole rings is 1. The third-order valence-corrected chi connectivity index (χ3v) is 6.62. The molecule has 8 heteroatoms. The molecule has 1 N–H and O–H groups in total. The van der Waals surface area contributed by atoms with Gasteiger partial charge in [-0.1, -0.05) is 6.07 Å². The van der Waals surface area contributed by atoms with Crippen LogP contribution in [0.25, 0.3) is 21.9 Å². The normalized spacial score (nSPS) is 18.5. The number of fused-ring (bicyclic) bond motifs is 3. The number of rotatable bonds is 5. The fourth-order valence-corrected chi connectivity index (χ4v) is 4.95. The first-order valence-corrected chi connectivity index (χ1v) is 11.9. The number of benzene rings is 1. The maximum Gasteiger partial charge on any atom is 0.228 e. The number of amides is 1. The second-order valence-corrected chi connectivity index (χ2v) is 9.66. The second-order valence-electron chi connectivity index (χ2n) is 9.66. The molecule has 1 amide bonds. The van der Waals surface area contributed by atoms with Crippen LogP contribution >= 0.6 is 0 Å². The van der Waals surface area contributed by atoms with Gasteiger partial charge in [-0.15, -0.1) is 0 Å². The summed E-state index contributed by atoms with van der Waals surface area (Å²) in [7, 11) is 0. The zero-order chi connectivity index (χ0) is 24.6. The van der Waals surface area contributed by atoms with Crippen LogP contribution in [-0.2, 0) is 21.5 Å². The van der Waals surface area contributed by atoms with Crippen LogP contribution in [0.15, 0.2) is 48.8 Å². The Labute approximate surface area is 204 Å². The number of pyridine rings is 2. The van der Waals surface area contributed by atoms with Crippen molar-refractivity contribution in [1.82, 2.24) is 24.8 Å². The number of nitrogens with zero attached hydrogens (tertiary/aromatic N) is 5. The fraction of sp³-hybridized carbons (Fsp3) is 0.370. The molecule has 1 saturated heterocycles. The van der Waals surface area contributed by atoms with Gasteiger partial charge in [0.2, 0.25) is 5.91 Å². The monoisotopic (exact) mass is 468 g/mol. The maximum atomic E-state index is 13.3. The first-order chi connectivity index (χ1) is 16.9. The van der Waals surface area contributed by atoms with Crippen molar-refractivity contribution in [1.29, 1.82) is 5.26 Å². The van der Waals surface area contributed by atoms with E-state index >= 15 is 0 Å². The number of hydrogen-bond acceptors (Lipinski definition) is 6. The molecule has 8 nitrogen and oxygen atoms in total. The number of hydrogen-bond donors (Lipinski definition) is 1. The van der Waals surface area contributed by atoms with Crippen molar-refractivity contribution >= 4 is 27.8 Å². The van der Waals surface area contributed by atoms with E-state index in [1.807, 2.05) is 44.2 Å². The smallest absolute Gasteiger partial charge is 0.228 e. The molecule has 35 heavy (non-hydrogen) atoms. The zero-order valence-corrected chi connectivity index (χ0v) is 20.2. The van der Waals surface area contributed by atoms with Gasteiger partial charge in [0.05, 0.1) is 52.6 Å². The van der Waals surface area contributed by atoms with Gasteiger partial charge < -0.3 is 14.6 Å². The molecular weight excluding hydrogens is 440 g/mol. The number of ether oxygens (including phenoxy) is 1. The van der Waals surface area contributed by atoms with E-state index in [0.717, 1.165) is 40.5 Å². The fourth-order valence-electron chi connectivity index (χ4n) is 4.95. The molecule has 1 aromatic carbocycles. The molecule has 0 unspecified atom stereocenters. The molecule has 2 atom stereocenters. The lowest BCUT2D eigenvalue weighted by atomic mass is 9.99. The average Bonchev–Trinajstić information content (AvgIpc) is 3.22. The van der Waals surface area contributed by atoms with Crippen LogP contribution in [0.5, 0.6) is 0 Å². The number of carbonyl (C=O) groups is 1. The molecule has 4 aromatic rings. The van der Waals surface area contributed by atoms with E-state index in [2.05, 4.69) is 32.8 Å². The molecular formula is C27H28N6O2. The lowest BCUT2D eigenvalue weighted by Crippen LogP contribution is -2.42. The summed E-state index contributed by atoms with van der Waals surface area (Å²) < 4.78 is 7.99. The second kappa shape index (κ2) is 9.08. The van der Waals surface area contributed by atoms with E-state index in [1.54, 1.807) is 18.5 Å². The van der Waals surface area contributed by atoms with Crippen molar-refractivity contribution in [2.75, 3.05) is 6.61 Å². The highest BCUT2D eigenvalue weighted by Crippen LogP contribution is 2.34. The summed E-state index contributed by atoms with van der Waals surface area (Å²) in [6.45, 7) is 6.60. The van der Waals surface area contributed by atoms with Gasteiger partial charge in [0.25, 0.3) is 0 Å². The highest BCUT2D eigenvalue weighted by Gasteiger charge is 2.29. The first-order valence-electron chi connectivity index (χ1n) is 11.9. The summed E-state index contributed by atoms with van der Waals surface area (Å²) >= 11 is 0. The van der Waals surface area contributed by atoms with Gasteiger partial charge in [0.1, 0.15) is 11.3 Å². The minimum Gasteiger partial charge on any atom is -0.378 e. The standard InChI is InChI=1S/C27H28N6O2/c1-17-12-19(9-11-35-17)33-24(14-25(34)32-27(2,3)23-6-4-5-10-29-23)31-22-16-30-21-8-7-18(15-28)13-20(21)26(22)33/h4-8,10,13,16-17,19H,9,11-12,14H2,1-3H3,(H,32,34)/t17-,19-/m1/s1. The van der Waals surface area contributed by atoms with E-state index in [9.17, 15) is 10.1 Å². The summed E-state index contributed by atoms with van der Waals surface area (Å²) in [4.78, 5) is 27.1. The molecule has 0 aliphatic carbocycles. The van der Waals surface area contributed by atoms with E-state index in [0.29, 0.717) is 18.0 Å². The topological polar surface area (TPSA) is 106 Å². The number of nitriles is 1. The molecule has 0 saturated carbocycles. The van der Waals surface area contributed by atoms with Crippen molar-refractivity contribution in [2.24, 2.45) is 0 Å². The van der Waals surface area contributed by atoms with Crippen LogP contribution in [0.4, 0.5) is 0 Å². The predicted molar refractivity (Wildman–Crippen MR) is 133 cm³/mol. The summed E-state index contributed by atoms with van der Waals surface area (Å²) in [5, 5.41) is 13.5. The van der Waals surface area contributed by atoms with Crippen molar-refractivity contribution in [3.8, 4) is 6.07 Å². The Hall–Kier alpha value is -3.83. The van der Waals surface area contributed by atoms with Crippen LogP contribution in [0, 0.1) is 11.3 Å². The molecule has 1 aliphatic heterocycles. The zero-order valence-electron chi connectivity index (χ0n) is 20.2. The van der Waals surface area contributed by atoms with Crippen molar-refractivity contribution in [3.05, 3.63) is 65.9 Å². The number of nitrogens with one attached hydrogen (secondary N) is 1. The summed E-state index contributed by atoms with van der Waals surface area (Å²) in [5.41, 5.74) is 3.16. The Kier molecular flexibility index (Phi) is 5.95. The molecule has 4 heterocycles. The first kappa shape index (κ1) is 22.9. The van der Waals surface area contributed by atoms with Crippen LogP contribution in [-0.4, -0.2) is 38.1 Å². The molecule has 5 rings (SSSR count). The Morgan fingerprint density at radius 3 is 2.86 bits per heavy atom. The van der Waals surface area contributed by atoms with Gasteiger partial charge in [-0.2, -0.15) is 5.26 Å². The number of aromatic nitrogens is 4. The van der Waals surface area contributed by atoms with Gasteiger partial charge in [-0.05, 0) is 63.9 Å². The van der Waals surface area contributed by atoms with E-state index in [1.165, 1.54) is 0 Å². The minimum absolute atomic E-state index is 0.110. The molecule has 178 valence electrons. The van der Waals surface area contributed by atoms with E-state index in [4.69, 9.17) is 9.72 Å². The van der Waals surface area contributed by atoms with Gasteiger partial charge in [-0.3, -0.25) is 14.8 Å². The predicted octanol–water partition coefficient (Wildman–Crippen LogP) is 4.19. The highest BCUT2D eigenvalue weighted by molar-refractivity contribution is 6.03. The van der Waals surface area contributed by atoms with Crippen LogP contribution < -0.4 is 5.32 Å². The lowest BCUT2D eigenvalue weighted by Gasteiger charge is -2.30. The Morgan fingerprint density at radius 2 is 2.11 bits per heavy atom. The Balaban J connectivity index is 1.58. The largest absolute Gasteiger partial charge is 0.378 e. The third kappa shape index (κ3) is 4.47. The van der Waals surface area contributed by atoms with E-state index < -0.39 is 5.54 Å². The van der Waals surface area contributed by atoms with Crippen molar-refractivity contribution < 1.29 is 9.53 Å². The number of carbonyl (C=O) groups excluding carboxylic acids is 1. The van der Waals surface area contributed by atoms with Gasteiger partial charge in [0.15, 0.2) is 0 Å². The summed E-state index contributed by atoms with van der Waals surface area (Å²) in [6, 6.07) is 13.5. The van der Waals surface area contributed by atoms with Crippen LogP contribution in [0.3, 0.4) is 0 Å². The van der Waals surface area contributed by atoms with Crippen LogP contribution in [0.2, 0.25) is 0 Å². The Morgan fingerprint density at radius 1 is 1.26 bits per heavy atom. The summed E-state index contributed by atoms with van der Waals surface area (Å²) in [6.07, 6.45) is 5.35. The molecule has 0 spiro atoms. The summed E-state index contributed by atoms with van der Waals surface area (Å²) in [5.74, 6) is 0.553. The highest BCUT2D eigenvalue weighted by atomic mass is 16.5. The molecule has 3 aromatic heterocycles. The molecule has 1 aliphatic rings. The lowest BCUT2D eigenvalue weighted by molar-refractivity contribution is -0.122. The molecule has 0 bridgehead atoms. The minimum atomic E-state index is -0.627. The maximum absolute atomic E-state index is 13.3. The SMILES string of the molecule is C[C@@H]1C[C@H](n2c(CC(=O)NC(C)(C)c3ccccn3)nc3cnc4ccc(C#N)cc4c32)CCO1. The third-order valence-electron chi connectivity index (χ3n) is 6.62. The molecule has 1 fully saturated rings. The van der Waals surface area contributed by atoms with Gasteiger partial charge in [0, 0.05) is 24.2 Å². The quantitative estimate of drug-likeness (QED) is 0.471. The Bertz CT molecular complexity index is 1440. The van der Waals surface area contributed by atoms with Crippen molar-refractivity contribution in [3.63, 3.8) is 0 Å². The van der Waals surface area contributed by atoms with Crippen LogP contribution in [0.1, 0.15) is 56.7 Å². The average molecular weight is 469 g/mol. The van der Waals surface area contributed by atoms with E-state index in [-0.39, 0.29) is 24.5 Å². The van der Waals surface area contributed by atoms with Gasteiger partial charge in [-0.25, -0.2) is 4.98 Å². The van der Waals surface area contributed by atoms with Gasteiger partial charge >= 0.3 is 0 Å². The van der Waals surface area contributed by atoms with Crippen molar-refractivity contribution in [2.45, 2.75) is 57.7 Å².